The third-order valence-electron chi connectivity index (χ3n) is 6.35. The number of ether oxygens (including phenoxy) is 3. The van der Waals surface area contributed by atoms with Crippen molar-refractivity contribution in [1.29, 1.82) is 0 Å². The number of aromatic nitrogens is 1. The number of hydrogen-bond donors (Lipinski definition) is 0. The zero-order valence-electron chi connectivity index (χ0n) is 21.9. The molecule has 1 aliphatic heterocycles. The molecule has 1 aromatic heterocycles. The minimum Gasteiger partial charge on any atom is -0.497 e. The van der Waals surface area contributed by atoms with E-state index in [4.69, 9.17) is 14.2 Å². The van der Waals surface area contributed by atoms with E-state index < -0.39 is 12.0 Å². The van der Waals surface area contributed by atoms with Crippen molar-refractivity contribution in [2.24, 2.45) is 4.99 Å². The molecule has 1 atom stereocenters. The molecule has 5 rings (SSSR count). The lowest BCUT2D eigenvalue weighted by atomic mass is 9.96. The van der Waals surface area contributed by atoms with Gasteiger partial charge in [-0.3, -0.25) is 9.36 Å². The number of hydrogen-bond acceptors (Lipinski definition) is 7. The van der Waals surface area contributed by atoms with Crippen molar-refractivity contribution >= 4 is 23.4 Å². The van der Waals surface area contributed by atoms with Crippen LogP contribution >= 0.6 is 11.3 Å². The van der Waals surface area contributed by atoms with Crippen LogP contribution in [0.1, 0.15) is 36.6 Å². The van der Waals surface area contributed by atoms with Crippen molar-refractivity contribution in [3.63, 3.8) is 0 Å². The number of thiazole rings is 1. The molecule has 8 heteroatoms. The highest BCUT2D eigenvalue weighted by atomic mass is 32.1. The molecule has 3 aromatic carbocycles. The molecule has 0 bridgehead atoms. The molecule has 0 saturated carbocycles. The van der Waals surface area contributed by atoms with Crippen LogP contribution in [0.5, 0.6) is 11.5 Å². The van der Waals surface area contributed by atoms with E-state index in [0.717, 1.165) is 16.7 Å². The van der Waals surface area contributed by atoms with E-state index >= 15 is 0 Å². The highest BCUT2D eigenvalue weighted by molar-refractivity contribution is 7.07. The summed E-state index contributed by atoms with van der Waals surface area (Å²) in [7, 11) is 1.59. The molecule has 7 nitrogen and oxygen atoms in total. The largest absolute Gasteiger partial charge is 0.497 e. The Balaban J connectivity index is 1.55. The average Bonchev–Trinajstić information content (AvgIpc) is 3.26. The normalized spacial score (nSPS) is 14.9. The van der Waals surface area contributed by atoms with Gasteiger partial charge in [0, 0.05) is 0 Å². The van der Waals surface area contributed by atoms with Crippen LogP contribution in [0.4, 0.5) is 0 Å². The highest BCUT2D eigenvalue weighted by Crippen LogP contribution is 2.31. The summed E-state index contributed by atoms with van der Waals surface area (Å²) in [5, 5.41) is 0. The van der Waals surface area contributed by atoms with Gasteiger partial charge in [-0.15, -0.1) is 0 Å². The van der Waals surface area contributed by atoms with Gasteiger partial charge in [0.25, 0.3) is 5.56 Å². The van der Waals surface area contributed by atoms with Crippen molar-refractivity contribution in [2.75, 3.05) is 13.7 Å². The maximum absolute atomic E-state index is 13.8. The first-order valence-electron chi connectivity index (χ1n) is 12.6. The van der Waals surface area contributed by atoms with E-state index in [1.54, 1.807) is 25.5 Å². The third-order valence-corrected chi connectivity index (χ3v) is 7.34. The number of esters is 1. The van der Waals surface area contributed by atoms with Crippen LogP contribution in [0.2, 0.25) is 0 Å². The minimum atomic E-state index is -0.672. The molecule has 0 fully saturated rings. The predicted molar refractivity (Wildman–Crippen MR) is 151 cm³/mol. The topological polar surface area (TPSA) is 79.1 Å². The lowest BCUT2D eigenvalue weighted by molar-refractivity contribution is -0.139. The number of carbonyl (C=O) groups is 1. The van der Waals surface area contributed by atoms with Gasteiger partial charge in [0.2, 0.25) is 0 Å². The fourth-order valence-electron chi connectivity index (χ4n) is 4.48. The summed E-state index contributed by atoms with van der Waals surface area (Å²) >= 11 is 1.29. The van der Waals surface area contributed by atoms with Crippen LogP contribution in [0.3, 0.4) is 0 Å². The van der Waals surface area contributed by atoms with Crippen LogP contribution in [0.25, 0.3) is 6.08 Å². The zero-order chi connectivity index (χ0) is 27.4. The van der Waals surface area contributed by atoms with Crippen LogP contribution < -0.4 is 24.4 Å². The first kappa shape index (κ1) is 26.2. The minimum absolute atomic E-state index is 0.220. The summed E-state index contributed by atoms with van der Waals surface area (Å²) < 4.78 is 18.7. The van der Waals surface area contributed by atoms with Gasteiger partial charge in [0.15, 0.2) is 4.80 Å². The van der Waals surface area contributed by atoms with Crippen molar-refractivity contribution in [2.45, 2.75) is 26.5 Å². The lowest BCUT2D eigenvalue weighted by Gasteiger charge is -2.24. The molecule has 0 aliphatic carbocycles. The second-order valence-corrected chi connectivity index (χ2v) is 9.93. The van der Waals surface area contributed by atoms with Gasteiger partial charge in [0.05, 0.1) is 35.6 Å². The Morgan fingerprint density at radius 2 is 1.79 bits per heavy atom. The molecule has 0 radical (unpaired) electrons. The molecular weight excluding hydrogens is 512 g/mol. The van der Waals surface area contributed by atoms with Crippen molar-refractivity contribution in [3.8, 4) is 11.5 Å². The van der Waals surface area contributed by atoms with E-state index in [9.17, 15) is 9.59 Å². The van der Waals surface area contributed by atoms with Crippen LogP contribution in [-0.4, -0.2) is 24.3 Å². The van der Waals surface area contributed by atoms with Gasteiger partial charge < -0.3 is 14.2 Å². The number of rotatable bonds is 8. The highest BCUT2D eigenvalue weighted by Gasteiger charge is 2.33. The fraction of sp³-hybridized carbons (Fsp3) is 0.194. The van der Waals surface area contributed by atoms with E-state index in [1.807, 2.05) is 84.9 Å². The van der Waals surface area contributed by atoms with Crippen molar-refractivity contribution in [1.82, 2.24) is 4.57 Å². The summed E-state index contributed by atoms with van der Waals surface area (Å²) in [5.41, 5.74) is 3.30. The number of nitrogens with zero attached hydrogens (tertiary/aromatic N) is 2. The van der Waals surface area contributed by atoms with Gasteiger partial charge in [-0.05, 0) is 60.9 Å². The average molecular weight is 541 g/mol. The molecular formula is C31H28N2O5S. The number of carbonyl (C=O) groups excluding carboxylic acids is 1. The van der Waals surface area contributed by atoms with E-state index in [1.165, 1.54) is 11.3 Å². The summed E-state index contributed by atoms with van der Waals surface area (Å²) in [6.45, 7) is 4.19. The molecule has 1 aliphatic rings. The number of fused-ring (bicyclic) bond motifs is 1. The predicted octanol–water partition coefficient (Wildman–Crippen LogP) is 4.39. The molecule has 0 saturated heterocycles. The molecule has 198 valence electrons. The second-order valence-electron chi connectivity index (χ2n) is 8.92. The Morgan fingerprint density at radius 3 is 2.51 bits per heavy atom. The maximum atomic E-state index is 13.8. The van der Waals surface area contributed by atoms with Gasteiger partial charge in [0.1, 0.15) is 18.1 Å². The monoisotopic (exact) mass is 540 g/mol. The molecule has 2 heterocycles. The van der Waals surface area contributed by atoms with Crippen LogP contribution in [-0.2, 0) is 16.1 Å². The van der Waals surface area contributed by atoms with E-state index in [2.05, 4.69) is 4.99 Å². The molecule has 0 spiro atoms. The Kier molecular flexibility index (Phi) is 7.74. The van der Waals surface area contributed by atoms with Crippen LogP contribution in [0, 0.1) is 0 Å². The van der Waals surface area contributed by atoms with Crippen molar-refractivity contribution in [3.05, 3.63) is 127 Å². The number of methoxy groups -OCH3 is 1. The smallest absolute Gasteiger partial charge is 0.338 e. The van der Waals surface area contributed by atoms with Gasteiger partial charge in [-0.2, -0.15) is 0 Å². The van der Waals surface area contributed by atoms with Gasteiger partial charge >= 0.3 is 5.97 Å². The SMILES string of the molecule is CCOC(=O)C1=C(C)N=c2sc(=Cc3cccc(OCc4ccccc4)c3)c(=O)n2C1c1ccc(OC)cc1. The van der Waals surface area contributed by atoms with Gasteiger partial charge in [-0.1, -0.05) is 65.9 Å². The zero-order valence-corrected chi connectivity index (χ0v) is 22.7. The Labute approximate surface area is 229 Å². The fourth-order valence-corrected chi connectivity index (χ4v) is 5.53. The third kappa shape index (κ3) is 5.56. The summed E-state index contributed by atoms with van der Waals surface area (Å²) in [5.74, 6) is 0.896. The quantitative estimate of drug-likeness (QED) is 0.310. The summed E-state index contributed by atoms with van der Waals surface area (Å²) in [6.07, 6.45) is 1.83. The second kappa shape index (κ2) is 11.5. The molecule has 4 aromatic rings. The van der Waals surface area contributed by atoms with Crippen molar-refractivity contribution < 1.29 is 19.0 Å². The Hall–Kier alpha value is -4.43. The molecule has 0 N–H and O–H groups in total. The first-order valence-corrected chi connectivity index (χ1v) is 13.4. The Morgan fingerprint density at radius 1 is 1.03 bits per heavy atom. The lowest BCUT2D eigenvalue weighted by Crippen LogP contribution is -2.39. The molecule has 39 heavy (non-hydrogen) atoms. The number of benzene rings is 3. The van der Waals surface area contributed by atoms with Gasteiger partial charge in [-0.25, -0.2) is 9.79 Å². The molecule has 1 unspecified atom stereocenters. The van der Waals surface area contributed by atoms with E-state index in [-0.39, 0.29) is 12.2 Å². The molecule has 0 amide bonds. The summed E-state index contributed by atoms with van der Waals surface area (Å²) in [4.78, 5) is 32.0. The Bertz CT molecular complexity index is 1700. The van der Waals surface area contributed by atoms with Crippen LogP contribution in [0.15, 0.2) is 99.9 Å². The summed E-state index contributed by atoms with van der Waals surface area (Å²) in [6, 6.07) is 24.2. The maximum Gasteiger partial charge on any atom is 0.338 e. The number of allylic oxidation sites excluding steroid dienone is 1. The first-order chi connectivity index (χ1) is 19.0. The standard InChI is InChI=1S/C31H28N2O5S/c1-4-37-30(35)27-20(2)32-31-33(28(27)23-13-15-24(36-3)16-14-23)29(34)26(39-31)18-22-11-8-12-25(17-22)38-19-21-9-6-5-7-10-21/h5-18,28H,4,19H2,1-3H3. The van der Waals surface area contributed by atoms with E-state index in [0.29, 0.717) is 38.7 Å².